The van der Waals surface area contributed by atoms with Crippen molar-refractivity contribution >= 4 is 0 Å². The third-order valence-electron chi connectivity index (χ3n) is 4.06. The summed E-state index contributed by atoms with van der Waals surface area (Å²) in [6, 6.07) is 10.7. The molecule has 0 saturated heterocycles. The van der Waals surface area contributed by atoms with Crippen LogP contribution in [0.25, 0.3) is 0 Å². The number of ether oxygens (including phenoxy) is 3. The molecule has 0 radical (unpaired) electrons. The van der Waals surface area contributed by atoms with Crippen molar-refractivity contribution in [1.82, 2.24) is 0 Å². The highest BCUT2D eigenvalue weighted by atomic mass is 16.5. The van der Waals surface area contributed by atoms with Crippen LogP contribution in [0.5, 0.6) is 23.0 Å². The Morgan fingerprint density at radius 3 is 1.33 bits per heavy atom. The molecular formula is C22H24N2O3. The number of hydrogen-bond acceptors (Lipinski definition) is 5. The summed E-state index contributed by atoms with van der Waals surface area (Å²) in [7, 11) is 0. The fourth-order valence-corrected chi connectivity index (χ4v) is 2.73. The molecule has 2 rings (SSSR count). The van der Waals surface area contributed by atoms with E-state index >= 15 is 0 Å². The number of rotatable bonds is 4. The zero-order valence-electron chi connectivity index (χ0n) is 16.6. The predicted octanol–water partition coefficient (Wildman–Crippen LogP) is 5.79. The SMILES string of the molecule is CC(C)(C)c1cc(Oc2ccc(OC#N)c(C(C)(C)C)c2)ccc1OC#N. The van der Waals surface area contributed by atoms with Crippen LogP contribution in [0.1, 0.15) is 52.7 Å². The molecule has 0 atom stereocenters. The molecular weight excluding hydrogens is 340 g/mol. The first kappa shape index (κ1) is 20.1. The van der Waals surface area contributed by atoms with Gasteiger partial charge in [0.05, 0.1) is 0 Å². The van der Waals surface area contributed by atoms with Crippen LogP contribution in [0, 0.1) is 23.0 Å². The first-order chi connectivity index (χ1) is 12.6. The lowest BCUT2D eigenvalue weighted by atomic mass is 9.86. The highest BCUT2D eigenvalue weighted by Crippen LogP contribution is 2.38. The first-order valence-corrected chi connectivity index (χ1v) is 8.65. The van der Waals surface area contributed by atoms with Crippen LogP contribution in [-0.2, 0) is 10.8 Å². The zero-order chi connectivity index (χ0) is 20.2. The van der Waals surface area contributed by atoms with E-state index in [1.165, 1.54) is 0 Å². The van der Waals surface area contributed by atoms with Gasteiger partial charge in [0.15, 0.2) is 0 Å². The van der Waals surface area contributed by atoms with Gasteiger partial charge in [-0.3, -0.25) is 0 Å². The normalized spacial score (nSPS) is 11.3. The second kappa shape index (κ2) is 7.60. The zero-order valence-corrected chi connectivity index (χ0v) is 16.6. The largest absolute Gasteiger partial charge is 0.457 e. The molecule has 27 heavy (non-hydrogen) atoms. The van der Waals surface area contributed by atoms with Crippen LogP contribution in [0.15, 0.2) is 36.4 Å². The van der Waals surface area contributed by atoms with E-state index in [0.717, 1.165) is 11.1 Å². The second-order valence-corrected chi connectivity index (χ2v) is 8.30. The predicted molar refractivity (Wildman–Crippen MR) is 103 cm³/mol. The van der Waals surface area contributed by atoms with E-state index in [9.17, 15) is 0 Å². The maximum atomic E-state index is 8.85. The lowest BCUT2D eigenvalue weighted by Crippen LogP contribution is -2.13. The van der Waals surface area contributed by atoms with E-state index in [4.69, 9.17) is 24.7 Å². The maximum absolute atomic E-state index is 8.85. The van der Waals surface area contributed by atoms with Crippen molar-refractivity contribution in [3.05, 3.63) is 47.5 Å². The van der Waals surface area contributed by atoms with Crippen LogP contribution in [0.3, 0.4) is 0 Å². The van der Waals surface area contributed by atoms with Crippen LogP contribution in [0.4, 0.5) is 0 Å². The molecule has 0 aromatic heterocycles. The summed E-state index contributed by atoms with van der Waals surface area (Å²) < 4.78 is 16.2. The molecule has 0 heterocycles. The summed E-state index contributed by atoms with van der Waals surface area (Å²) in [4.78, 5) is 0. The number of hydrogen-bond donors (Lipinski definition) is 0. The lowest BCUT2D eigenvalue weighted by molar-refractivity contribution is 0.449. The van der Waals surface area contributed by atoms with Gasteiger partial charge >= 0.3 is 0 Å². The second-order valence-electron chi connectivity index (χ2n) is 8.30. The molecule has 0 amide bonds. The van der Waals surface area contributed by atoms with Gasteiger partial charge in [0.25, 0.3) is 12.5 Å². The van der Waals surface area contributed by atoms with E-state index in [0.29, 0.717) is 23.0 Å². The molecule has 0 aliphatic heterocycles. The Labute approximate surface area is 160 Å². The maximum Gasteiger partial charge on any atom is 0.292 e. The van der Waals surface area contributed by atoms with Gasteiger partial charge < -0.3 is 14.2 Å². The number of nitrogens with zero attached hydrogens (tertiary/aromatic N) is 2. The Morgan fingerprint density at radius 2 is 1.04 bits per heavy atom. The van der Waals surface area contributed by atoms with E-state index in [-0.39, 0.29) is 10.8 Å². The highest BCUT2D eigenvalue weighted by molar-refractivity contribution is 5.48. The van der Waals surface area contributed by atoms with Crippen LogP contribution >= 0.6 is 0 Å². The average Bonchev–Trinajstić information content (AvgIpc) is 2.56. The smallest absolute Gasteiger partial charge is 0.292 e. The third kappa shape index (κ3) is 4.92. The van der Waals surface area contributed by atoms with Crippen LogP contribution in [-0.4, -0.2) is 0 Å². The molecule has 5 heteroatoms. The van der Waals surface area contributed by atoms with Gasteiger partial charge in [0.2, 0.25) is 0 Å². The minimum absolute atomic E-state index is 0.216. The van der Waals surface area contributed by atoms with Gasteiger partial charge in [0.1, 0.15) is 23.0 Å². The molecule has 0 bridgehead atoms. The Balaban J connectivity index is 2.43. The Kier molecular flexibility index (Phi) is 5.66. The Hall–Kier alpha value is -3.18. The fourth-order valence-electron chi connectivity index (χ4n) is 2.73. The van der Waals surface area contributed by atoms with Gasteiger partial charge in [-0.1, -0.05) is 41.5 Å². The summed E-state index contributed by atoms with van der Waals surface area (Å²) in [6.45, 7) is 12.3. The van der Waals surface area contributed by atoms with Gasteiger partial charge in [-0.2, -0.15) is 0 Å². The molecule has 2 aromatic carbocycles. The number of nitriles is 2. The molecule has 2 aromatic rings. The van der Waals surface area contributed by atoms with Crippen molar-refractivity contribution in [3.63, 3.8) is 0 Å². The Morgan fingerprint density at radius 1 is 0.667 bits per heavy atom. The molecule has 0 saturated carbocycles. The van der Waals surface area contributed by atoms with E-state index in [1.54, 1.807) is 36.8 Å². The summed E-state index contributed by atoms with van der Waals surface area (Å²) in [6.07, 6.45) is 3.45. The van der Waals surface area contributed by atoms with Crippen molar-refractivity contribution in [3.8, 4) is 35.5 Å². The van der Waals surface area contributed by atoms with Crippen molar-refractivity contribution in [2.75, 3.05) is 0 Å². The molecule has 5 nitrogen and oxygen atoms in total. The number of benzene rings is 2. The quantitative estimate of drug-likeness (QED) is 0.641. The monoisotopic (exact) mass is 364 g/mol. The molecule has 140 valence electrons. The molecule has 0 N–H and O–H groups in total. The standard InChI is InChI=1S/C22H24N2O3/c1-21(2,3)17-11-15(7-9-19(17)25-13-23)27-16-8-10-20(26-14-24)18(12-16)22(4,5)6/h7-12H,1-6H3. The minimum atomic E-state index is -0.216. The Bertz CT molecular complexity index is 832. The first-order valence-electron chi connectivity index (χ1n) is 8.65. The van der Waals surface area contributed by atoms with Crippen molar-refractivity contribution in [2.24, 2.45) is 0 Å². The topological polar surface area (TPSA) is 75.3 Å². The van der Waals surface area contributed by atoms with Crippen LogP contribution in [0.2, 0.25) is 0 Å². The van der Waals surface area contributed by atoms with Crippen molar-refractivity contribution in [2.45, 2.75) is 52.4 Å². The summed E-state index contributed by atoms with van der Waals surface area (Å²) >= 11 is 0. The van der Waals surface area contributed by atoms with Crippen LogP contribution < -0.4 is 14.2 Å². The lowest BCUT2D eigenvalue weighted by Gasteiger charge is -2.23. The molecule has 0 spiro atoms. The molecule has 0 fully saturated rings. The van der Waals surface area contributed by atoms with Gasteiger partial charge in [-0.05, 0) is 47.2 Å². The highest BCUT2D eigenvalue weighted by Gasteiger charge is 2.22. The molecule has 0 aliphatic carbocycles. The fraction of sp³-hybridized carbons (Fsp3) is 0.364. The summed E-state index contributed by atoms with van der Waals surface area (Å²) in [5.74, 6) is 2.31. The van der Waals surface area contributed by atoms with Gasteiger partial charge in [-0.25, -0.2) is 0 Å². The molecule has 0 unspecified atom stereocenters. The summed E-state index contributed by atoms with van der Waals surface area (Å²) in [5.41, 5.74) is 1.32. The van der Waals surface area contributed by atoms with Crippen molar-refractivity contribution in [1.29, 1.82) is 10.5 Å². The van der Waals surface area contributed by atoms with Gasteiger partial charge in [0, 0.05) is 11.1 Å². The summed E-state index contributed by atoms with van der Waals surface area (Å²) in [5, 5.41) is 17.7. The van der Waals surface area contributed by atoms with E-state index in [1.807, 2.05) is 53.7 Å². The van der Waals surface area contributed by atoms with Gasteiger partial charge in [-0.15, -0.1) is 10.5 Å². The van der Waals surface area contributed by atoms with E-state index in [2.05, 4.69) is 0 Å². The van der Waals surface area contributed by atoms with E-state index < -0.39 is 0 Å². The van der Waals surface area contributed by atoms with Crippen molar-refractivity contribution < 1.29 is 14.2 Å². The molecule has 0 aliphatic rings. The third-order valence-corrected chi connectivity index (χ3v) is 4.06. The minimum Gasteiger partial charge on any atom is -0.457 e. The average molecular weight is 364 g/mol.